The predicted octanol–water partition coefficient (Wildman–Crippen LogP) is 5.39. The van der Waals surface area contributed by atoms with E-state index >= 15 is 0 Å². The fraction of sp³-hybridized carbons (Fsp3) is 0.667. The van der Waals surface area contributed by atoms with Crippen LogP contribution in [0, 0.1) is 22.7 Å². The summed E-state index contributed by atoms with van der Waals surface area (Å²) in [4.78, 5) is 41.2. The van der Waals surface area contributed by atoms with Crippen molar-refractivity contribution in [1.29, 1.82) is 5.41 Å². The standard InChI is InChI=1S/C30H44ClN3O5/c1-6-39-25-13-12-21(17-22(25)31)23(32)14-20-15-24(29(37)38-5)34(18-20)28(36)27(30(2,3)4)33-26(35)16-19-10-8-7-9-11-19/h12-13,17,19-20,24,27,32H,6-11,14-16,18H2,1-5H3,(H,33,35). The molecule has 1 aromatic rings. The molecule has 0 bridgehead atoms. The van der Waals surface area contributed by atoms with Crippen molar-refractivity contribution in [1.82, 2.24) is 10.2 Å². The Bertz CT molecular complexity index is 1050. The number of ether oxygens (including phenoxy) is 2. The van der Waals surface area contributed by atoms with Crippen molar-refractivity contribution in [3.8, 4) is 5.75 Å². The van der Waals surface area contributed by atoms with Gasteiger partial charge < -0.3 is 25.1 Å². The van der Waals surface area contributed by atoms with Gasteiger partial charge >= 0.3 is 5.97 Å². The van der Waals surface area contributed by atoms with E-state index in [1.807, 2.05) is 27.7 Å². The van der Waals surface area contributed by atoms with Crippen molar-refractivity contribution < 1.29 is 23.9 Å². The van der Waals surface area contributed by atoms with Crippen molar-refractivity contribution in [2.75, 3.05) is 20.3 Å². The zero-order valence-electron chi connectivity index (χ0n) is 24.0. The maximum absolute atomic E-state index is 13.9. The average Bonchev–Trinajstić information content (AvgIpc) is 3.31. The molecule has 2 fully saturated rings. The van der Waals surface area contributed by atoms with Crippen LogP contribution < -0.4 is 10.1 Å². The molecule has 0 aromatic heterocycles. The monoisotopic (exact) mass is 561 g/mol. The summed E-state index contributed by atoms with van der Waals surface area (Å²) in [5, 5.41) is 12.1. The van der Waals surface area contributed by atoms with Crippen LogP contribution in [0.5, 0.6) is 5.75 Å². The zero-order chi connectivity index (χ0) is 28.7. The number of likely N-dealkylation sites (tertiary alicyclic amines) is 1. The van der Waals surface area contributed by atoms with Gasteiger partial charge in [-0.25, -0.2) is 4.79 Å². The summed E-state index contributed by atoms with van der Waals surface area (Å²) in [6.45, 7) is 8.43. The highest BCUT2D eigenvalue weighted by molar-refractivity contribution is 6.32. The lowest BCUT2D eigenvalue weighted by Gasteiger charge is -2.35. The molecule has 3 unspecified atom stereocenters. The zero-order valence-corrected chi connectivity index (χ0v) is 24.7. The van der Waals surface area contributed by atoms with E-state index in [0.717, 1.165) is 25.7 Å². The Morgan fingerprint density at radius 2 is 1.82 bits per heavy atom. The van der Waals surface area contributed by atoms with E-state index in [9.17, 15) is 14.4 Å². The Morgan fingerprint density at radius 1 is 1.13 bits per heavy atom. The number of hydrogen-bond acceptors (Lipinski definition) is 6. The summed E-state index contributed by atoms with van der Waals surface area (Å²) >= 11 is 6.33. The lowest BCUT2D eigenvalue weighted by atomic mass is 9.84. The molecule has 1 heterocycles. The third-order valence-electron chi connectivity index (χ3n) is 7.83. The fourth-order valence-electron chi connectivity index (χ4n) is 5.73. The number of benzene rings is 1. The number of amides is 2. The van der Waals surface area contributed by atoms with Gasteiger partial charge in [0.15, 0.2) is 0 Å². The molecule has 0 spiro atoms. The van der Waals surface area contributed by atoms with Crippen LogP contribution in [0.2, 0.25) is 5.02 Å². The summed E-state index contributed by atoms with van der Waals surface area (Å²) in [5.41, 5.74) is 0.491. The van der Waals surface area contributed by atoms with Crippen LogP contribution in [-0.2, 0) is 19.1 Å². The van der Waals surface area contributed by atoms with Gasteiger partial charge in [-0.1, -0.05) is 51.6 Å². The van der Waals surface area contributed by atoms with E-state index in [1.165, 1.54) is 13.5 Å². The number of hydrogen-bond donors (Lipinski definition) is 2. The molecule has 2 N–H and O–H groups in total. The minimum atomic E-state index is -0.774. The highest BCUT2D eigenvalue weighted by Crippen LogP contribution is 2.33. The Kier molecular flexibility index (Phi) is 10.8. The number of rotatable bonds is 10. The van der Waals surface area contributed by atoms with Gasteiger partial charge in [-0.2, -0.15) is 0 Å². The van der Waals surface area contributed by atoms with E-state index < -0.39 is 23.5 Å². The quantitative estimate of drug-likeness (QED) is 0.294. The number of halogens is 1. The lowest BCUT2D eigenvalue weighted by molar-refractivity contribution is -0.153. The van der Waals surface area contributed by atoms with Gasteiger partial charge in [0, 0.05) is 18.7 Å². The third-order valence-corrected chi connectivity index (χ3v) is 8.13. The molecule has 9 heteroatoms. The molecule has 3 rings (SSSR count). The van der Waals surface area contributed by atoms with E-state index in [-0.39, 0.29) is 17.7 Å². The Balaban J connectivity index is 1.73. The predicted molar refractivity (Wildman–Crippen MR) is 152 cm³/mol. The molecule has 1 saturated carbocycles. The number of carbonyl (C=O) groups is 3. The van der Waals surface area contributed by atoms with Crippen molar-refractivity contribution in [2.45, 2.75) is 91.1 Å². The lowest BCUT2D eigenvalue weighted by Crippen LogP contribution is -2.57. The van der Waals surface area contributed by atoms with Gasteiger partial charge in [-0.15, -0.1) is 0 Å². The second kappa shape index (κ2) is 13.6. The van der Waals surface area contributed by atoms with Gasteiger partial charge in [0.05, 0.1) is 18.7 Å². The SMILES string of the molecule is CCOc1ccc(C(=N)CC2CC(C(=O)OC)N(C(=O)C(NC(=O)CC3CCCCC3)C(C)(C)C)C2)cc1Cl. The van der Waals surface area contributed by atoms with Crippen molar-refractivity contribution in [3.05, 3.63) is 28.8 Å². The Hall–Kier alpha value is -2.61. The molecule has 216 valence electrons. The Labute approximate surface area is 237 Å². The molecule has 3 atom stereocenters. The van der Waals surface area contributed by atoms with Crippen LogP contribution in [0.15, 0.2) is 18.2 Å². The average molecular weight is 562 g/mol. The summed E-state index contributed by atoms with van der Waals surface area (Å²) in [5.74, 6) is -0.0756. The first-order valence-corrected chi connectivity index (χ1v) is 14.5. The molecule has 1 aliphatic carbocycles. The van der Waals surface area contributed by atoms with Gasteiger partial charge in [0.2, 0.25) is 11.8 Å². The minimum absolute atomic E-state index is 0.116. The van der Waals surface area contributed by atoms with Crippen molar-refractivity contribution >= 4 is 35.1 Å². The maximum atomic E-state index is 13.9. The first kappa shape index (κ1) is 30.9. The van der Waals surface area contributed by atoms with Crippen LogP contribution in [0.1, 0.15) is 84.6 Å². The first-order valence-electron chi connectivity index (χ1n) is 14.1. The Morgan fingerprint density at radius 3 is 2.41 bits per heavy atom. The molecule has 39 heavy (non-hydrogen) atoms. The number of carbonyl (C=O) groups excluding carboxylic acids is 3. The van der Waals surface area contributed by atoms with E-state index in [2.05, 4.69) is 5.32 Å². The van der Waals surface area contributed by atoms with Gasteiger partial charge in [0.1, 0.15) is 17.8 Å². The van der Waals surface area contributed by atoms with Gasteiger partial charge in [0.25, 0.3) is 0 Å². The summed E-state index contributed by atoms with van der Waals surface area (Å²) in [6, 6.07) is 3.73. The van der Waals surface area contributed by atoms with Gasteiger partial charge in [-0.3, -0.25) is 9.59 Å². The van der Waals surface area contributed by atoms with E-state index in [0.29, 0.717) is 60.4 Å². The number of nitrogens with one attached hydrogen (secondary N) is 2. The molecule has 1 aromatic carbocycles. The van der Waals surface area contributed by atoms with Crippen LogP contribution in [0.25, 0.3) is 0 Å². The fourth-order valence-corrected chi connectivity index (χ4v) is 5.96. The van der Waals surface area contributed by atoms with Crippen molar-refractivity contribution in [3.63, 3.8) is 0 Å². The summed E-state index contributed by atoms with van der Waals surface area (Å²) in [6.07, 6.45) is 6.78. The number of esters is 1. The summed E-state index contributed by atoms with van der Waals surface area (Å²) < 4.78 is 10.5. The molecule has 2 aliphatic rings. The third kappa shape index (κ3) is 8.19. The topological polar surface area (TPSA) is 109 Å². The van der Waals surface area contributed by atoms with Crippen LogP contribution in [-0.4, -0.2) is 60.7 Å². The normalized spacial score (nSPS) is 20.8. The first-order chi connectivity index (χ1) is 18.4. The molecule has 1 saturated heterocycles. The highest BCUT2D eigenvalue weighted by atomic mass is 35.5. The highest BCUT2D eigenvalue weighted by Gasteiger charge is 2.45. The smallest absolute Gasteiger partial charge is 0.328 e. The van der Waals surface area contributed by atoms with Crippen LogP contribution in [0.3, 0.4) is 0 Å². The minimum Gasteiger partial charge on any atom is -0.492 e. The number of nitrogens with zero attached hydrogens (tertiary/aromatic N) is 1. The molecule has 0 radical (unpaired) electrons. The second-order valence-corrected chi connectivity index (χ2v) is 12.4. The molecular formula is C30H44ClN3O5. The molecule has 1 aliphatic heterocycles. The second-order valence-electron chi connectivity index (χ2n) is 12.0. The maximum Gasteiger partial charge on any atom is 0.328 e. The van der Waals surface area contributed by atoms with Gasteiger partial charge in [-0.05, 0) is 73.6 Å². The van der Waals surface area contributed by atoms with Crippen LogP contribution in [0.4, 0.5) is 0 Å². The molecule has 8 nitrogen and oxygen atoms in total. The van der Waals surface area contributed by atoms with Crippen molar-refractivity contribution in [2.24, 2.45) is 17.3 Å². The van der Waals surface area contributed by atoms with E-state index in [1.54, 1.807) is 23.1 Å². The molecular weight excluding hydrogens is 518 g/mol. The molecule has 2 amide bonds. The number of methoxy groups -OCH3 is 1. The van der Waals surface area contributed by atoms with E-state index in [4.69, 9.17) is 26.5 Å². The summed E-state index contributed by atoms with van der Waals surface area (Å²) in [7, 11) is 1.31. The largest absolute Gasteiger partial charge is 0.492 e. The van der Waals surface area contributed by atoms with Crippen LogP contribution >= 0.6 is 11.6 Å².